The summed E-state index contributed by atoms with van der Waals surface area (Å²) in [6.45, 7) is 7.23. The average molecular weight is 288 g/mol. The number of nitrogens with zero attached hydrogens (tertiary/aromatic N) is 3. The van der Waals surface area contributed by atoms with E-state index in [2.05, 4.69) is 54.9 Å². The molecule has 0 amide bonds. The Kier molecular flexibility index (Phi) is 3.17. The highest BCUT2D eigenvalue weighted by Gasteiger charge is 2.24. The van der Waals surface area contributed by atoms with E-state index in [1.165, 1.54) is 11.3 Å². The van der Waals surface area contributed by atoms with Crippen LogP contribution in [-0.2, 0) is 11.8 Å². The van der Waals surface area contributed by atoms with E-state index in [0.717, 1.165) is 24.6 Å². The van der Waals surface area contributed by atoms with Crippen molar-refractivity contribution in [2.45, 2.75) is 32.6 Å². The van der Waals surface area contributed by atoms with Gasteiger partial charge in [-0.15, -0.1) is 0 Å². The van der Waals surface area contributed by atoms with Crippen molar-refractivity contribution >= 4 is 23.1 Å². The first-order valence-corrected chi connectivity index (χ1v) is 7.23. The molecule has 4 heteroatoms. The third kappa shape index (κ3) is 2.38. The van der Waals surface area contributed by atoms with Crippen molar-refractivity contribution in [2.75, 3.05) is 11.4 Å². The fourth-order valence-corrected chi connectivity index (χ4v) is 2.63. The summed E-state index contributed by atoms with van der Waals surface area (Å²) in [5.74, 6) is 1.67. The maximum Gasteiger partial charge on any atom is 0.138 e. The molecular formula is C16H18ClN3. The molecule has 3 rings (SSSR count). The summed E-state index contributed by atoms with van der Waals surface area (Å²) in [4.78, 5) is 11.3. The molecule has 0 spiro atoms. The Balaban J connectivity index is 2.06. The van der Waals surface area contributed by atoms with Crippen molar-refractivity contribution in [3.8, 4) is 0 Å². The largest absolute Gasteiger partial charge is 0.326 e. The summed E-state index contributed by atoms with van der Waals surface area (Å²) in [7, 11) is 0. The molecule has 0 bridgehead atoms. The lowest BCUT2D eigenvalue weighted by Crippen LogP contribution is -2.21. The molecule has 0 saturated heterocycles. The molecule has 3 nitrogen and oxygen atoms in total. The quantitative estimate of drug-likeness (QED) is 0.739. The van der Waals surface area contributed by atoms with Crippen LogP contribution in [0.2, 0.25) is 5.15 Å². The smallest absolute Gasteiger partial charge is 0.138 e. The minimum Gasteiger partial charge on any atom is -0.326 e. The van der Waals surface area contributed by atoms with E-state index in [9.17, 15) is 0 Å². The van der Waals surface area contributed by atoms with E-state index in [0.29, 0.717) is 5.15 Å². The number of halogens is 1. The molecule has 0 saturated carbocycles. The van der Waals surface area contributed by atoms with Gasteiger partial charge in [0.2, 0.25) is 0 Å². The summed E-state index contributed by atoms with van der Waals surface area (Å²) in [5, 5.41) is 0.504. The predicted molar refractivity (Wildman–Crippen MR) is 82.9 cm³/mol. The van der Waals surface area contributed by atoms with Crippen LogP contribution >= 0.6 is 11.6 Å². The van der Waals surface area contributed by atoms with Crippen molar-refractivity contribution in [1.29, 1.82) is 0 Å². The zero-order chi connectivity index (χ0) is 14.3. The van der Waals surface area contributed by atoms with Crippen molar-refractivity contribution < 1.29 is 0 Å². The Morgan fingerprint density at radius 1 is 1.15 bits per heavy atom. The fraction of sp³-hybridized carbons (Fsp3) is 0.375. The highest BCUT2D eigenvalue weighted by Crippen LogP contribution is 2.34. The molecule has 1 aliphatic heterocycles. The van der Waals surface area contributed by atoms with E-state index >= 15 is 0 Å². The van der Waals surface area contributed by atoms with E-state index < -0.39 is 0 Å². The highest BCUT2D eigenvalue weighted by atomic mass is 35.5. The van der Waals surface area contributed by atoms with Crippen LogP contribution in [0.4, 0.5) is 11.5 Å². The SMILES string of the molecule is CC(C)(C)c1nc(Cl)cc(N2CCc3ccccc32)n1. The van der Waals surface area contributed by atoms with Gasteiger partial charge in [0.1, 0.15) is 16.8 Å². The predicted octanol–water partition coefficient (Wildman–Crippen LogP) is 4.12. The standard InChI is InChI=1S/C16H18ClN3/c1-16(2,3)15-18-13(17)10-14(19-15)20-9-8-11-6-4-5-7-12(11)20/h4-7,10H,8-9H2,1-3H3. The first kappa shape index (κ1) is 13.4. The zero-order valence-corrected chi connectivity index (χ0v) is 12.8. The first-order valence-electron chi connectivity index (χ1n) is 6.86. The van der Waals surface area contributed by atoms with Gasteiger partial charge in [-0.1, -0.05) is 50.6 Å². The maximum absolute atomic E-state index is 6.18. The molecule has 2 aromatic rings. The van der Waals surface area contributed by atoms with Gasteiger partial charge in [0, 0.05) is 23.7 Å². The van der Waals surface area contributed by atoms with Gasteiger partial charge in [-0.2, -0.15) is 0 Å². The second-order valence-electron chi connectivity index (χ2n) is 6.15. The van der Waals surface area contributed by atoms with Crippen molar-refractivity contribution in [3.05, 3.63) is 46.9 Å². The Labute approximate surface area is 124 Å². The third-order valence-corrected chi connectivity index (χ3v) is 3.71. The van der Waals surface area contributed by atoms with Crippen LogP contribution in [0.5, 0.6) is 0 Å². The fourth-order valence-electron chi connectivity index (χ4n) is 2.46. The Morgan fingerprint density at radius 3 is 2.65 bits per heavy atom. The van der Waals surface area contributed by atoms with Gasteiger partial charge in [0.15, 0.2) is 0 Å². The molecule has 0 unspecified atom stereocenters. The Bertz CT molecular complexity index is 646. The summed E-state index contributed by atoms with van der Waals surface area (Å²) in [6.07, 6.45) is 1.04. The van der Waals surface area contributed by atoms with Gasteiger partial charge in [-0.3, -0.25) is 0 Å². The summed E-state index contributed by atoms with van der Waals surface area (Å²) in [5.41, 5.74) is 2.47. The molecule has 104 valence electrons. The lowest BCUT2D eigenvalue weighted by Gasteiger charge is -2.22. The Hall–Kier alpha value is -1.61. The van der Waals surface area contributed by atoms with Gasteiger partial charge in [0.05, 0.1) is 0 Å². The number of benzene rings is 1. The maximum atomic E-state index is 6.18. The number of hydrogen-bond donors (Lipinski definition) is 0. The second-order valence-corrected chi connectivity index (χ2v) is 6.54. The van der Waals surface area contributed by atoms with Crippen LogP contribution in [0.3, 0.4) is 0 Å². The van der Waals surface area contributed by atoms with Crippen LogP contribution in [0.1, 0.15) is 32.2 Å². The van der Waals surface area contributed by atoms with Gasteiger partial charge >= 0.3 is 0 Å². The van der Waals surface area contributed by atoms with Gasteiger partial charge in [-0.05, 0) is 18.1 Å². The second kappa shape index (κ2) is 4.74. The highest BCUT2D eigenvalue weighted by molar-refractivity contribution is 6.29. The molecule has 20 heavy (non-hydrogen) atoms. The minimum atomic E-state index is -0.112. The van der Waals surface area contributed by atoms with Crippen molar-refractivity contribution in [3.63, 3.8) is 0 Å². The molecule has 0 aliphatic carbocycles. The minimum absolute atomic E-state index is 0.112. The monoisotopic (exact) mass is 287 g/mol. The molecule has 1 aromatic heterocycles. The number of para-hydroxylation sites is 1. The summed E-state index contributed by atoms with van der Waals surface area (Å²) < 4.78 is 0. The lowest BCUT2D eigenvalue weighted by atomic mass is 9.96. The number of fused-ring (bicyclic) bond motifs is 1. The molecule has 0 fully saturated rings. The normalized spacial score (nSPS) is 14.5. The number of anilines is 2. The van der Waals surface area contributed by atoms with E-state index in [4.69, 9.17) is 16.6 Å². The molecule has 0 radical (unpaired) electrons. The lowest BCUT2D eigenvalue weighted by molar-refractivity contribution is 0.545. The van der Waals surface area contributed by atoms with Crippen LogP contribution < -0.4 is 4.90 Å². The third-order valence-electron chi connectivity index (χ3n) is 3.52. The molecule has 0 N–H and O–H groups in total. The Morgan fingerprint density at radius 2 is 1.90 bits per heavy atom. The van der Waals surface area contributed by atoms with Crippen LogP contribution in [-0.4, -0.2) is 16.5 Å². The van der Waals surface area contributed by atoms with Gasteiger partial charge < -0.3 is 4.90 Å². The number of rotatable bonds is 1. The molecular weight excluding hydrogens is 270 g/mol. The molecule has 0 atom stereocenters. The van der Waals surface area contributed by atoms with Crippen LogP contribution in [0, 0.1) is 0 Å². The van der Waals surface area contributed by atoms with Crippen molar-refractivity contribution in [2.24, 2.45) is 0 Å². The average Bonchev–Trinajstić information content (AvgIpc) is 2.80. The molecule has 1 aromatic carbocycles. The number of hydrogen-bond acceptors (Lipinski definition) is 3. The van der Waals surface area contributed by atoms with Crippen LogP contribution in [0.15, 0.2) is 30.3 Å². The first-order chi connectivity index (χ1) is 9.45. The topological polar surface area (TPSA) is 29.0 Å². The van der Waals surface area contributed by atoms with Gasteiger partial charge in [-0.25, -0.2) is 9.97 Å². The van der Waals surface area contributed by atoms with Gasteiger partial charge in [0.25, 0.3) is 0 Å². The van der Waals surface area contributed by atoms with Crippen LogP contribution in [0.25, 0.3) is 0 Å². The summed E-state index contributed by atoms with van der Waals surface area (Å²) >= 11 is 6.18. The van der Waals surface area contributed by atoms with E-state index in [1.54, 1.807) is 0 Å². The van der Waals surface area contributed by atoms with E-state index in [-0.39, 0.29) is 5.41 Å². The van der Waals surface area contributed by atoms with E-state index in [1.807, 2.05) is 6.07 Å². The molecule has 2 heterocycles. The number of aromatic nitrogens is 2. The van der Waals surface area contributed by atoms with Crippen molar-refractivity contribution in [1.82, 2.24) is 9.97 Å². The summed E-state index contributed by atoms with van der Waals surface area (Å²) in [6, 6.07) is 10.3. The molecule has 1 aliphatic rings. The zero-order valence-electron chi connectivity index (χ0n) is 12.0.